The largest absolute Gasteiger partial charge is 0.326 e. The number of aromatic nitrogens is 1. The molecule has 0 saturated heterocycles. The van der Waals surface area contributed by atoms with Crippen molar-refractivity contribution < 1.29 is 8.42 Å². The minimum atomic E-state index is -3.65. The number of pyridine rings is 1. The van der Waals surface area contributed by atoms with E-state index in [0.717, 1.165) is 30.0 Å². The van der Waals surface area contributed by atoms with Gasteiger partial charge in [-0.15, -0.1) is 0 Å². The predicted octanol–water partition coefficient (Wildman–Crippen LogP) is 4.19. The van der Waals surface area contributed by atoms with Gasteiger partial charge < -0.3 is 4.90 Å². The number of nitrogens with zero attached hydrogens (tertiary/aromatic N) is 2. The van der Waals surface area contributed by atoms with E-state index < -0.39 is 10.0 Å². The standard InChI is InChI=1S/C21H21N3O2S/c1-15-7-8-16(2)20(13-15)27(25,26)23-18-9-10-21(22-14-18)24-12-11-17-5-3-4-6-19(17)24/h3-10,13-14,23H,11-12H2,1-2H3. The summed E-state index contributed by atoms with van der Waals surface area (Å²) in [6.07, 6.45) is 2.55. The number of sulfonamides is 1. The summed E-state index contributed by atoms with van der Waals surface area (Å²) in [6.45, 7) is 4.54. The van der Waals surface area contributed by atoms with Crippen LogP contribution in [0.4, 0.5) is 17.2 Å². The molecule has 0 amide bonds. The Labute approximate surface area is 159 Å². The maximum Gasteiger partial charge on any atom is 0.262 e. The Kier molecular flexibility index (Phi) is 4.36. The third kappa shape index (κ3) is 3.40. The molecule has 6 heteroatoms. The highest BCUT2D eigenvalue weighted by Crippen LogP contribution is 2.33. The van der Waals surface area contributed by atoms with Crippen molar-refractivity contribution in [2.24, 2.45) is 0 Å². The van der Waals surface area contributed by atoms with Gasteiger partial charge in [-0.2, -0.15) is 0 Å². The monoisotopic (exact) mass is 379 g/mol. The van der Waals surface area contributed by atoms with E-state index >= 15 is 0 Å². The number of nitrogens with one attached hydrogen (secondary N) is 1. The maximum atomic E-state index is 12.7. The molecule has 0 fully saturated rings. The van der Waals surface area contributed by atoms with Gasteiger partial charge >= 0.3 is 0 Å². The lowest BCUT2D eigenvalue weighted by Crippen LogP contribution is -2.16. The zero-order valence-corrected chi connectivity index (χ0v) is 16.1. The molecule has 27 heavy (non-hydrogen) atoms. The van der Waals surface area contributed by atoms with Crippen LogP contribution in [-0.4, -0.2) is 19.9 Å². The van der Waals surface area contributed by atoms with Crippen molar-refractivity contribution in [1.29, 1.82) is 0 Å². The van der Waals surface area contributed by atoms with E-state index in [1.807, 2.05) is 37.3 Å². The average molecular weight is 379 g/mol. The van der Waals surface area contributed by atoms with Crippen LogP contribution in [-0.2, 0) is 16.4 Å². The van der Waals surface area contributed by atoms with Crippen LogP contribution in [0.25, 0.3) is 0 Å². The Morgan fingerprint density at radius 1 is 1.04 bits per heavy atom. The third-order valence-electron chi connectivity index (χ3n) is 4.80. The van der Waals surface area contributed by atoms with Gasteiger partial charge in [0, 0.05) is 12.2 Å². The summed E-state index contributed by atoms with van der Waals surface area (Å²) in [5, 5.41) is 0. The first-order chi connectivity index (χ1) is 12.9. The molecule has 0 bridgehead atoms. The van der Waals surface area contributed by atoms with Crippen LogP contribution >= 0.6 is 0 Å². The molecule has 2 aromatic carbocycles. The Bertz CT molecular complexity index is 1090. The summed E-state index contributed by atoms with van der Waals surface area (Å²) >= 11 is 0. The molecule has 1 aliphatic rings. The van der Waals surface area contributed by atoms with E-state index in [-0.39, 0.29) is 0 Å². The predicted molar refractivity (Wildman–Crippen MR) is 108 cm³/mol. The summed E-state index contributed by atoms with van der Waals surface area (Å²) in [4.78, 5) is 6.92. The maximum absolute atomic E-state index is 12.7. The molecule has 1 aromatic heterocycles. The Balaban J connectivity index is 1.57. The lowest BCUT2D eigenvalue weighted by atomic mass is 10.2. The van der Waals surface area contributed by atoms with Crippen molar-refractivity contribution in [2.75, 3.05) is 16.2 Å². The second kappa shape index (κ2) is 6.70. The first-order valence-corrected chi connectivity index (χ1v) is 10.3. The highest BCUT2D eigenvalue weighted by molar-refractivity contribution is 7.92. The minimum absolute atomic E-state index is 0.292. The molecule has 0 radical (unpaired) electrons. The quantitative estimate of drug-likeness (QED) is 0.738. The summed E-state index contributed by atoms with van der Waals surface area (Å²) < 4.78 is 28.1. The van der Waals surface area contributed by atoms with E-state index in [4.69, 9.17) is 0 Å². The molecular formula is C21H21N3O2S. The van der Waals surface area contributed by atoms with Gasteiger partial charge in [-0.05, 0) is 61.2 Å². The molecule has 138 valence electrons. The molecule has 4 rings (SSSR count). The molecule has 3 aromatic rings. The first kappa shape index (κ1) is 17.5. The lowest BCUT2D eigenvalue weighted by Gasteiger charge is -2.18. The van der Waals surface area contributed by atoms with Crippen molar-refractivity contribution >= 4 is 27.2 Å². The number of aryl methyl sites for hydroxylation is 2. The fraction of sp³-hybridized carbons (Fsp3) is 0.190. The van der Waals surface area contributed by atoms with Gasteiger partial charge in [0.2, 0.25) is 0 Å². The fourth-order valence-electron chi connectivity index (χ4n) is 3.39. The van der Waals surface area contributed by atoms with E-state index in [9.17, 15) is 8.42 Å². The molecule has 0 spiro atoms. The van der Waals surface area contributed by atoms with Gasteiger partial charge in [0.1, 0.15) is 5.82 Å². The van der Waals surface area contributed by atoms with Crippen LogP contribution in [0.3, 0.4) is 0 Å². The molecule has 5 nitrogen and oxygen atoms in total. The topological polar surface area (TPSA) is 62.3 Å². The number of hydrogen-bond acceptors (Lipinski definition) is 4. The van der Waals surface area contributed by atoms with Gasteiger partial charge in [0.05, 0.1) is 16.8 Å². The first-order valence-electron chi connectivity index (χ1n) is 8.86. The number of benzene rings is 2. The molecular weight excluding hydrogens is 358 g/mol. The second-order valence-electron chi connectivity index (χ2n) is 6.81. The Hall–Kier alpha value is -2.86. The zero-order chi connectivity index (χ0) is 19.0. The van der Waals surface area contributed by atoms with Crippen molar-refractivity contribution in [1.82, 2.24) is 4.98 Å². The van der Waals surface area contributed by atoms with Gasteiger partial charge in [-0.1, -0.05) is 30.3 Å². The van der Waals surface area contributed by atoms with Crippen molar-refractivity contribution in [2.45, 2.75) is 25.2 Å². The van der Waals surface area contributed by atoms with Crippen LogP contribution in [0.1, 0.15) is 16.7 Å². The number of hydrogen-bond donors (Lipinski definition) is 1. The molecule has 0 unspecified atom stereocenters. The van der Waals surface area contributed by atoms with E-state index in [2.05, 4.69) is 26.7 Å². The highest BCUT2D eigenvalue weighted by atomic mass is 32.2. The smallest absolute Gasteiger partial charge is 0.262 e. The van der Waals surface area contributed by atoms with E-state index in [0.29, 0.717) is 16.1 Å². The third-order valence-corrected chi connectivity index (χ3v) is 6.32. The van der Waals surface area contributed by atoms with Crippen LogP contribution in [0.2, 0.25) is 0 Å². The number of fused-ring (bicyclic) bond motifs is 1. The minimum Gasteiger partial charge on any atom is -0.326 e. The average Bonchev–Trinajstić information content (AvgIpc) is 3.08. The van der Waals surface area contributed by atoms with Crippen LogP contribution in [0, 0.1) is 13.8 Å². The van der Waals surface area contributed by atoms with Crippen LogP contribution in [0.5, 0.6) is 0 Å². The molecule has 0 saturated carbocycles. The molecule has 2 heterocycles. The lowest BCUT2D eigenvalue weighted by molar-refractivity contribution is 0.600. The van der Waals surface area contributed by atoms with Crippen LogP contribution < -0.4 is 9.62 Å². The molecule has 1 N–H and O–H groups in total. The van der Waals surface area contributed by atoms with Crippen molar-refractivity contribution in [3.05, 3.63) is 77.5 Å². The van der Waals surface area contributed by atoms with E-state index in [1.54, 1.807) is 25.3 Å². The van der Waals surface area contributed by atoms with Crippen molar-refractivity contribution in [3.8, 4) is 0 Å². The molecule has 0 aliphatic carbocycles. The number of para-hydroxylation sites is 1. The van der Waals surface area contributed by atoms with Crippen molar-refractivity contribution in [3.63, 3.8) is 0 Å². The molecule has 0 atom stereocenters. The number of rotatable bonds is 4. The summed E-state index contributed by atoms with van der Waals surface area (Å²) in [5.41, 5.74) is 4.54. The van der Waals surface area contributed by atoms with Gasteiger partial charge in [-0.3, -0.25) is 4.72 Å². The SMILES string of the molecule is Cc1ccc(C)c(S(=O)(=O)Nc2ccc(N3CCc4ccccc43)nc2)c1. The number of anilines is 3. The highest BCUT2D eigenvalue weighted by Gasteiger charge is 2.21. The Morgan fingerprint density at radius 3 is 2.63 bits per heavy atom. The summed E-state index contributed by atoms with van der Waals surface area (Å²) in [6, 6.07) is 17.3. The van der Waals surface area contributed by atoms with Gasteiger partial charge in [0.25, 0.3) is 10.0 Å². The summed E-state index contributed by atoms with van der Waals surface area (Å²) in [5.74, 6) is 0.814. The Morgan fingerprint density at radius 2 is 1.85 bits per heavy atom. The summed E-state index contributed by atoms with van der Waals surface area (Å²) in [7, 11) is -3.65. The molecule has 1 aliphatic heterocycles. The fourth-order valence-corrected chi connectivity index (χ4v) is 4.76. The zero-order valence-electron chi connectivity index (χ0n) is 15.3. The second-order valence-corrected chi connectivity index (χ2v) is 8.46. The van der Waals surface area contributed by atoms with Crippen LogP contribution in [0.15, 0.2) is 65.7 Å². The van der Waals surface area contributed by atoms with E-state index in [1.165, 1.54) is 5.56 Å². The normalized spacial score (nSPS) is 13.5. The van der Waals surface area contributed by atoms with Gasteiger partial charge in [-0.25, -0.2) is 13.4 Å². The van der Waals surface area contributed by atoms with Gasteiger partial charge in [0.15, 0.2) is 0 Å².